The summed E-state index contributed by atoms with van der Waals surface area (Å²) in [5.74, 6) is 0.376. The van der Waals surface area contributed by atoms with Crippen molar-refractivity contribution in [1.82, 2.24) is 9.80 Å². The molecule has 0 radical (unpaired) electrons. The van der Waals surface area contributed by atoms with Crippen molar-refractivity contribution in [3.8, 4) is 0 Å². The maximum atomic E-state index is 12.9. The van der Waals surface area contributed by atoms with E-state index in [1.54, 1.807) is 0 Å². The molecule has 1 aromatic rings. The van der Waals surface area contributed by atoms with Gasteiger partial charge < -0.3 is 14.5 Å². The van der Waals surface area contributed by atoms with Gasteiger partial charge in [-0.1, -0.05) is 6.07 Å². The molecule has 3 aliphatic rings. The third-order valence-electron chi connectivity index (χ3n) is 6.38. The summed E-state index contributed by atoms with van der Waals surface area (Å²) in [5, 5.41) is 0. The molecule has 4 rings (SSSR count). The SMILES string of the molecule is Cc1ccc(C(=O)N2CC[C@]3(C[C@H](N4CCCC4=O)CCO3)C2)cc1C. The number of hydrogen-bond donors (Lipinski definition) is 0. The lowest BCUT2D eigenvalue weighted by Gasteiger charge is -2.41. The molecule has 26 heavy (non-hydrogen) atoms. The van der Waals surface area contributed by atoms with Gasteiger partial charge >= 0.3 is 0 Å². The lowest BCUT2D eigenvalue weighted by molar-refractivity contribution is -0.137. The summed E-state index contributed by atoms with van der Waals surface area (Å²) in [7, 11) is 0. The highest BCUT2D eigenvalue weighted by Gasteiger charge is 2.46. The normalized spacial score (nSPS) is 29.0. The lowest BCUT2D eigenvalue weighted by atomic mass is 9.89. The molecule has 3 saturated heterocycles. The summed E-state index contributed by atoms with van der Waals surface area (Å²) in [6.45, 7) is 7.03. The van der Waals surface area contributed by atoms with Gasteiger partial charge in [0.2, 0.25) is 5.91 Å². The molecule has 0 saturated carbocycles. The molecule has 3 fully saturated rings. The minimum absolute atomic E-state index is 0.0907. The van der Waals surface area contributed by atoms with E-state index < -0.39 is 0 Å². The monoisotopic (exact) mass is 356 g/mol. The van der Waals surface area contributed by atoms with Gasteiger partial charge in [-0.25, -0.2) is 0 Å². The number of aryl methyl sites for hydroxylation is 2. The van der Waals surface area contributed by atoms with Gasteiger partial charge in [0.25, 0.3) is 5.91 Å². The van der Waals surface area contributed by atoms with Crippen LogP contribution in [0.1, 0.15) is 53.6 Å². The predicted octanol–water partition coefficient (Wildman–Crippen LogP) is 2.69. The number of carbonyl (C=O) groups is 2. The molecule has 0 unspecified atom stereocenters. The van der Waals surface area contributed by atoms with Crippen LogP contribution in [-0.4, -0.2) is 59.5 Å². The zero-order valence-corrected chi connectivity index (χ0v) is 15.8. The fourth-order valence-electron chi connectivity index (χ4n) is 4.68. The van der Waals surface area contributed by atoms with Crippen LogP contribution in [-0.2, 0) is 9.53 Å². The van der Waals surface area contributed by atoms with Crippen molar-refractivity contribution < 1.29 is 14.3 Å². The van der Waals surface area contributed by atoms with Crippen LogP contribution in [0, 0.1) is 13.8 Å². The molecule has 140 valence electrons. The van der Waals surface area contributed by atoms with E-state index in [-0.39, 0.29) is 23.5 Å². The molecule has 2 amide bonds. The minimum Gasteiger partial charge on any atom is -0.373 e. The van der Waals surface area contributed by atoms with Crippen LogP contribution in [0.4, 0.5) is 0 Å². The molecule has 0 aliphatic carbocycles. The highest BCUT2D eigenvalue weighted by atomic mass is 16.5. The van der Waals surface area contributed by atoms with Crippen molar-refractivity contribution in [1.29, 1.82) is 0 Å². The number of likely N-dealkylation sites (tertiary alicyclic amines) is 2. The summed E-state index contributed by atoms with van der Waals surface area (Å²) in [5.41, 5.74) is 2.83. The number of benzene rings is 1. The number of carbonyl (C=O) groups excluding carboxylic acids is 2. The van der Waals surface area contributed by atoms with Crippen LogP contribution >= 0.6 is 0 Å². The van der Waals surface area contributed by atoms with E-state index in [0.29, 0.717) is 19.6 Å². The molecule has 3 aliphatic heterocycles. The maximum Gasteiger partial charge on any atom is 0.253 e. The van der Waals surface area contributed by atoms with E-state index >= 15 is 0 Å². The average Bonchev–Trinajstić information content (AvgIpc) is 3.23. The Hall–Kier alpha value is -1.88. The third kappa shape index (κ3) is 3.13. The van der Waals surface area contributed by atoms with Crippen LogP contribution in [0.5, 0.6) is 0 Å². The molecule has 1 spiro atoms. The first-order chi connectivity index (χ1) is 12.5. The summed E-state index contributed by atoms with van der Waals surface area (Å²) >= 11 is 0. The van der Waals surface area contributed by atoms with Gasteiger partial charge in [0.05, 0.1) is 12.1 Å². The van der Waals surface area contributed by atoms with E-state index in [1.165, 1.54) is 5.56 Å². The molecule has 0 aromatic heterocycles. The predicted molar refractivity (Wildman–Crippen MR) is 99.1 cm³/mol. The zero-order chi connectivity index (χ0) is 18.3. The average molecular weight is 356 g/mol. The molecular formula is C21H28N2O3. The molecule has 5 nitrogen and oxygen atoms in total. The first-order valence-corrected chi connectivity index (χ1v) is 9.77. The molecule has 1 aromatic carbocycles. The second-order valence-corrected chi connectivity index (χ2v) is 8.14. The van der Waals surface area contributed by atoms with Crippen LogP contribution < -0.4 is 0 Å². The topological polar surface area (TPSA) is 49.9 Å². The van der Waals surface area contributed by atoms with E-state index in [0.717, 1.165) is 49.9 Å². The van der Waals surface area contributed by atoms with Gasteiger partial charge in [-0.2, -0.15) is 0 Å². The van der Waals surface area contributed by atoms with Crippen molar-refractivity contribution in [2.24, 2.45) is 0 Å². The van der Waals surface area contributed by atoms with Gasteiger partial charge in [-0.05, 0) is 62.8 Å². The highest BCUT2D eigenvalue weighted by Crippen LogP contribution is 2.37. The molecule has 2 atom stereocenters. The minimum atomic E-state index is -0.277. The number of rotatable bonds is 2. The van der Waals surface area contributed by atoms with Gasteiger partial charge in [-0.3, -0.25) is 9.59 Å². The molecular weight excluding hydrogens is 328 g/mol. The molecule has 0 bridgehead atoms. The van der Waals surface area contributed by atoms with E-state index in [9.17, 15) is 9.59 Å². The second-order valence-electron chi connectivity index (χ2n) is 8.14. The first kappa shape index (κ1) is 17.5. The first-order valence-electron chi connectivity index (χ1n) is 9.77. The van der Waals surface area contributed by atoms with Gasteiger partial charge in [0.1, 0.15) is 0 Å². The number of amides is 2. The van der Waals surface area contributed by atoms with Crippen molar-refractivity contribution in [3.63, 3.8) is 0 Å². The lowest BCUT2D eigenvalue weighted by Crippen LogP contribution is -2.50. The van der Waals surface area contributed by atoms with Crippen LogP contribution in [0.15, 0.2) is 18.2 Å². The Morgan fingerprint density at radius 2 is 2.08 bits per heavy atom. The van der Waals surface area contributed by atoms with E-state index in [2.05, 4.69) is 11.8 Å². The van der Waals surface area contributed by atoms with Crippen LogP contribution in [0.25, 0.3) is 0 Å². The number of ether oxygens (including phenoxy) is 1. The third-order valence-corrected chi connectivity index (χ3v) is 6.38. The Morgan fingerprint density at radius 1 is 1.23 bits per heavy atom. The Morgan fingerprint density at radius 3 is 2.81 bits per heavy atom. The van der Waals surface area contributed by atoms with Crippen molar-refractivity contribution in [2.45, 2.75) is 57.6 Å². The summed E-state index contributed by atoms with van der Waals surface area (Å²) < 4.78 is 6.18. The Balaban J connectivity index is 1.45. The summed E-state index contributed by atoms with van der Waals surface area (Å²) in [6, 6.07) is 6.19. The van der Waals surface area contributed by atoms with Crippen LogP contribution in [0.3, 0.4) is 0 Å². The highest BCUT2D eigenvalue weighted by molar-refractivity contribution is 5.94. The summed E-state index contributed by atoms with van der Waals surface area (Å²) in [6.07, 6.45) is 4.29. The van der Waals surface area contributed by atoms with Gasteiger partial charge in [-0.15, -0.1) is 0 Å². The number of hydrogen-bond acceptors (Lipinski definition) is 3. The standard InChI is InChI=1S/C21H28N2O3/c1-15-5-6-17(12-16(15)2)20(25)22-10-8-21(14-22)13-18(7-11-26-21)23-9-3-4-19(23)24/h5-6,12,18H,3-4,7-11,13-14H2,1-2H3/t18-,21+/m1/s1. The van der Waals surface area contributed by atoms with Crippen molar-refractivity contribution in [2.75, 3.05) is 26.2 Å². The van der Waals surface area contributed by atoms with E-state index in [4.69, 9.17) is 4.74 Å². The van der Waals surface area contributed by atoms with Crippen LogP contribution in [0.2, 0.25) is 0 Å². The zero-order valence-electron chi connectivity index (χ0n) is 15.8. The quantitative estimate of drug-likeness (QED) is 0.819. The van der Waals surface area contributed by atoms with Gasteiger partial charge in [0.15, 0.2) is 0 Å². The molecule has 0 N–H and O–H groups in total. The Kier molecular flexibility index (Phi) is 4.51. The molecule has 3 heterocycles. The number of nitrogens with zero attached hydrogens (tertiary/aromatic N) is 2. The maximum absolute atomic E-state index is 12.9. The Labute approximate surface area is 155 Å². The largest absolute Gasteiger partial charge is 0.373 e. The van der Waals surface area contributed by atoms with Crippen molar-refractivity contribution >= 4 is 11.8 Å². The second kappa shape index (κ2) is 6.69. The fourth-order valence-corrected chi connectivity index (χ4v) is 4.68. The summed E-state index contributed by atoms with van der Waals surface area (Å²) in [4.78, 5) is 29.0. The Bertz CT molecular complexity index is 732. The van der Waals surface area contributed by atoms with Crippen molar-refractivity contribution in [3.05, 3.63) is 34.9 Å². The smallest absolute Gasteiger partial charge is 0.253 e. The van der Waals surface area contributed by atoms with Gasteiger partial charge in [0, 0.05) is 37.7 Å². The van der Waals surface area contributed by atoms with E-state index in [1.807, 2.05) is 30.0 Å². The molecule has 5 heteroatoms. The fraction of sp³-hybridized carbons (Fsp3) is 0.619.